The molecule has 0 aliphatic heterocycles. The number of methoxy groups -OCH3 is 1. The lowest BCUT2D eigenvalue weighted by Gasteiger charge is -2.01. The zero-order valence-corrected chi connectivity index (χ0v) is 12.2. The van der Waals surface area contributed by atoms with Crippen molar-refractivity contribution in [3.63, 3.8) is 0 Å². The first kappa shape index (κ1) is 15.4. The van der Waals surface area contributed by atoms with Crippen LogP contribution in [0.4, 0.5) is 5.82 Å². The van der Waals surface area contributed by atoms with Crippen LogP contribution >= 0.6 is 11.6 Å². The Balaban J connectivity index is 2.44. The minimum atomic E-state index is -0.745. The van der Waals surface area contributed by atoms with Gasteiger partial charge in [0.05, 0.1) is 17.7 Å². The monoisotopic (exact) mass is 318 g/mol. The van der Waals surface area contributed by atoms with E-state index in [0.717, 1.165) is 0 Å². The van der Waals surface area contributed by atoms with Crippen LogP contribution in [-0.2, 0) is 4.74 Å². The Morgan fingerprint density at radius 1 is 1.36 bits per heavy atom. The summed E-state index contributed by atoms with van der Waals surface area (Å²) in [5.41, 5.74) is 11.6. The molecule has 0 radical (unpaired) electrons. The van der Waals surface area contributed by atoms with E-state index in [1.807, 2.05) is 0 Å². The van der Waals surface area contributed by atoms with Crippen LogP contribution in [0.3, 0.4) is 0 Å². The quantitative estimate of drug-likeness (QED) is 0.561. The number of nitrogen functional groups attached to an aromatic ring is 1. The van der Waals surface area contributed by atoms with Crippen molar-refractivity contribution in [1.82, 2.24) is 10.2 Å². The number of aromatic nitrogens is 2. The van der Waals surface area contributed by atoms with Gasteiger partial charge in [0.1, 0.15) is 11.3 Å². The van der Waals surface area contributed by atoms with Crippen molar-refractivity contribution in [2.24, 2.45) is 5.73 Å². The predicted molar refractivity (Wildman–Crippen MR) is 80.3 cm³/mol. The van der Waals surface area contributed by atoms with E-state index in [-0.39, 0.29) is 17.1 Å². The van der Waals surface area contributed by atoms with Crippen LogP contribution < -0.4 is 11.5 Å². The largest absolute Gasteiger partial charge is 0.465 e. The lowest BCUT2D eigenvalue weighted by atomic mass is 10.1. The molecular formula is C14H11ClN4O3. The Bertz CT molecular complexity index is 817. The third-order valence-corrected chi connectivity index (χ3v) is 3.08. The number of anilines is 1. The maximum Gasteiger partial charge on any atom is 0.337 e. The first-order chi connectivity index (χ1) is 10.4. The van der Waals surface area contributed by atoms with Gasteiger partial charge in [0.25, 0.3) is 5.91 Å². The van der Waals surface area contributed by atoms with Crippen molar-refractivity contribution >= 4 is 29.3 Å². The molecule has 1 heterocycles. The molecule has 8 heteroatoms. The molecule has 112 valence electrons. The molecule has 7 nitrogen and oxygen atoms in total. The number of hydrogen-bond donors (Lipinski definition) is 3. The highest BCUT2D eigenvalue weighted by Crippen LogP contribution is 2.18. The average Bonchev–Trinajstić information content (AvgIpc) is 2.86. The number of ether oxygens (including phenoxy) is 1. The van der Waals surface area contributed by atoms with Crippen LogP contribution in [-0.4, -0.2) is 29.2 Å². The first-order valence-corrected chi connectivity index (χ1v) is 6.35. The number of aromatic amines is 1. The van der Waals surface area contributed by atoms with Gasteiger partial charge < -0.3 is 16.2 Å². The average molecular weight is 319 g/mol. The fourth-order valence-electron chi connectivity index (χ4n) is 1.69. The smallest absolute Gasteiger partial charge is 0.337 e. The number of carbonyl (C=O) groups excluding carboxylic acids is 2. The minimum Gasteiger partial charge on any atom is -0.465 e. The van der Waals surface area contributed by atoms with E-state index < -0.39 is 11.9 Å². The lowest BCUT2D eigenvalue weighted by Crippen LogP contribution is -2.13. The summed E-state index contributed by atoms with van der Waals surface area (Å²) in [7, 11) is 1.27. The number of hydrogen-bond acceptors (Lipinski definition) is 5. The lowest BCUT2D eigenvalue weighted by molar-refractivity contribution is 0.0600. The fraction of sp³-hybridized carbons (Fsp3) is 0.0714. The second-order valence-electron chi connectivity index (χ2n) is 4.16. The summed E-state index contributed by atoms with van der Waals surface area (Å²) in [5, 5.41) is 6.52. The molecule has 0 fully saturated rings. The number of benzene rings is 1. The van der Waals surface area contributed by atoms with Gasteiger partial charge in [-0.2, -0.15) is 5.10 Å². The topological polar surface area (TPSA) is 124 Å². The highest BCUT2D eigenvalue weighted by Gasteiger charge is 2.14. The fourth-order valence-corrected chi connectivity index (χ4v) is 1.86. The summed E-state index contributed by atoms with van der Waals surface area (Å²) in [5.74, 6) is 4.11. The van der Waals surface area contributed by atoms with Gasteiger partial charge >= 0.3 is 5.97 Å². The molecule has 22 heavy (non-hydrogen) atoms. The van der Waals surface area contributed by atoms with E-state index in [2.05, 4.69) is 26.8 Å². The Labute approximate surface area is 130 Å². The molecule has 0 atom stereocenters. The van der Waals surface area contributed by atoms with Crippen molar-refractivity contribution in [2.45, 2.75) is 0 Å². The number of esters is 1. The molecule has 1 aromatic carbocycles. The van der Waals surface area contributed by atoms with Crippen LogP contribution in [0.25, 0.3) is 0 Å². The van der Waals surface area contributed by atoms with E-state index in [0.29, 0.717) is 16.1 Å². The highest BCUT2D eigenvalue weighted by molar-refractivity contribution is 6.31. The summed E-state index contributed by atoms with van der Waals surface area (Å²) in [6, 6.07) is 4.52. The predicted octanol–water partition coefficient (Wildman–Crippen LogP) is 0.931. The number of primary amides is 1. The Hall–Kier alpha value is -2.98. The van der Waals surface area contributed by atoms with Gasteiger partial charge in [0.15, 0.2) is 5.82 Å². The van der Waals surface area contributed by atoms with Gasteiger partial charge in [0, 0.05) is 5.56 Å². The van der Waals surface area contributed by atoms with E-state index in [1.165, 1.54) is 25.3 Å². The van der Waals surface area contributed by atoms with Gasteiger partial charge in [-0.15, -0.1) is 0 Å². The van der Waals surface area contributed by atoms with Crippen LogP contribution in [0.2, 0.25) is 5.02 Å². The van der Waals surface area contributed by atoms with E-state index in [4.69, 9.17) is 23.1 Å². The zero-order valence-electron chi connectivity index (χ0n) is 11.4. The van der Waals surface area contributed by atoms with Gasteiger partial charge in [-0.25, -0.2) is 4.79 Å². The summed E-state index contributed by atoms with van der Waals surface area (Å²) >= 11 is 6.02. The van der Waals surface area contributed by atoms with Gasteiger partial charge in [-0.1, -0.05) is 17.5 Å². The number of nitrogens with one attached hydrogen (secondary N) is 1. The van der Waals surface area contributed by atoms with Crippen molar-refractivity contribution in [2.75, 3.05) is 12.8 Å². The van der Waals surface area contributed by atoms with Crippen LogP contribution in [0.15, 0.2) is 18.2 Å². The van der Waals surface area contributed by atoms with Gasteiger partial charge in [-0.3, -0.25) is 9.89 Å². The Morgan fingerprint density at radius 2 is 2.09 bits per heavy atom. The molecule has 5 N–H and O–H groups in total. The molecule has 2 rings (SSSR count). The standard InChI is InChI=1S/C14H11ClN4O3/c1-22-14(21)8-2-4-9(15)7(6-8)3-5-10-11(13(17)20)12(16)19-18-10/h2,4,6H,1H3,(H2,17,20)(H3,16,18,19). The summed E-state index contributed by atoms with van der Waals surface area (Å²) in [6.45, 7) is 0. The molecule has 0 bridgehead atoms. The van der Waals surface area contributed by atoms with E-state index in [1.54, 1.807) is 0 Å². The van der Waals surface area contributed by atoms with Crippen molar-refractivity contribution in [3.05, 3.63) is 45.6 Å². The maximum absolute atomic E-state index is 11.5. The number of nitrogens with zero attached hydrogens (tertiary/aromatic N) is 1. The molecule has 2 aromatic rings. The highest BCUT2D eigenvalue weighted by atomic mass is 35.5. The maximum atomic E-state index is 11.5. The molecule has 1 amide bonds. The third-order valence-electron chi connectivity index (χ3n) is 2.75. The third kappa shape index (κ3) is 3.02. The van der Waals surface area contributed by atoms with Crippen molar-refractivity contribution in [1.29, 1.82) is 0 Å². The SMILES string of the molecule is COC(=O)c1ccc(Cl)c(C#Cc2[nH]nc(N)c2C(N)=O)c1. The number of nitrogens with two attached hydrogens (primary N) is 2. The molecule has 0 unspecified atom stereocenters. The molecule has 0 aliphatic rings. The normalized spacial score (nSPS) is 9.73. The Morgan fingerprint density at radius 3 is 2.73 bits per heavy atom. The summed E-state index contributed by atoms with van der Waals surface area (Å²) in [6.07, 6.45) is 0. The van der Waals surface area contributed by atoms with Crippen LogP contribution in [0.1, 0.15) is 32.0 Å². The molecule has 0 spiro atoms. The van der Waals surface area contributed by atoms with Gasteiger partial charge in [0.2, 0.25) is 0 Å². The zero-order chi connectivity index (χ0) is 16.3. The van der Waals surface area contributed by atoms with Crippen LogP contribution in [0, 0.1) is 11.8 Å². The summed E-state index contributed by atoms with van der Waals surface area (Å²) in [4.78, 5) is 22.8. The minimum absolute atomic E-state index is 0.00717. The number of halogens is 1. The Kier molecular flexibility index (Phi) is 4.34. The number of amides is 1. The number of H-pyrrole nitrogens is 1. The van der Waals surface area contributed by atoms with Crippen molar-refractivity contribution < 1.29 is 14.3 Å². The number of rotatable bonds is 2. The first-order valence-electron chi connectivity index (χ1n) is 5.97. The van der Waals surface area contributed by atoms with Gasteiger partial charge in [-0.05, 0) is 24.1 Å². The molecule has 1 aromatic heterocycles. The summed E-state index contributed by atoms with van der Waals surface area (Å²) < 4.78 is 4.62. The second-order valence-corrected chi connectivity index (χ2v) is 4.57. The molecular weight excluding hydrogens is 308 g/mol. The molecule has 0 aliphatic carbocycles. The molecule has 0 saturated carbocycles. The van der Waals surface area contributed by atoms with E-state index in [9.17, 15) is 9.59 Å². The van der Waals surface area contributed by atoms with E-state index >= 15 is 0 Å². The van der Waals surface area contributed by atoms with Crippen molar-refractivity contribution in [3.8, 4) is 11.8 Å². The second kappa shape index (κ2) is 6.20. The van der Waals surface area contributed by atoms with Crippen LogP contribution in [0.5, 0.6) is 0 Å². The molecule has 0 saturated heterocycles. The number of carbonyl (C=O) groups is 2.